The van der Waals surface area contributed by atoms with Crippen molar-refractivity contribution in [2.24, 2.45) is 0 Å². The molecule has 1 aromatic heterocycles. The van der Waals surface area contributed by atoms with Crippen LogP contribution in [0.4, 0.5) is 0 Å². The molecule has 1 atom stereocenters. The molecule has 1 unspecified atom stereocenters. The molecule has 2 heterocycles. The fourth-order valence-electron chi connectivity index (χ4n) is 2.55. The third-order valence-corrected chi connectivity index (χ3v) is 5.54. The smallest absolute Gasteiger partial charge is 0.252 e. The van der Waals surface area contributed by atoms with Gasteiger partial charge in [0.1, 0.15) is 5.69 Å². The SMILES string of the molecule is CS(=O)(=O)n1cc(-c2ccccc2C(Br)CCC2OCCO2)nn1. The molecule has 1 aromatic carbocycles. The third kappa shape index (κ3) is 4.02. The van der Waals surface area contributed by atoms with Crippen molar-refractivity contribution in [1.29, 1.82) is 0 Å². The molecule has 0 aliphatic carbocycles. The molecule has 7 nitrogen and oxygen atoms in total. The van der Waals surface area contributed by atoms with Gasteiger partial charge < -0.3 is 9.47 Å². The normalized spacial score (nSPS) is 17.2. The molecule has 1 aliphatic heterocycles. The Bertz CT molecular complexity index is 803. The van der Waals surface area contributed by atoms with Gasteiger partial charge in [0.05, 0.1) is 25.7 Å². The first-order chi connectivity index (χ1) is 11.4. The Balaban J connectivity index is 1.80. The Labute approximate surface area is 149 Å². The molecule has 130 valence electrons. The lowest BCUT2D eigenvalue weighted by atomic mass is 10.00. The Morgan fingerprint density at radius 2 is 2.04 bits per heavy atom. The maximum Gasteiger partial charge on any atom is 0.252 e. The summed E-state index contributed by atoms with van der Waals surface area (Å²) in [5.41, 5.74) is 2.40. The number of ether oxygens (including phenoxy) is 2. The number of hydrogen-bond acceptors (Lipinski definition) is 6. The van der Waals surface area contributed by atoms with Gasteiger partial charge in [0.2, 0.25) is 0 Å². The molecule has 24 heavy (non-hydrogen) atoms. The van der Waals surface area contributed by atoms with Gasteiger partial charge >= 0.3 is 0 Å². The fourth-order valence-corrected chi connectivity index (χ4v) is 3.67. The standard InChI is InChI=1S/C15H18BrN3O4S/c1-24(20,21)19-10-14(17-18-19)12-5-3-2-4-11(12)13(16)6-7-15-22-8-9-23-15/h2-5,10,13,15H,6-9H2,1H3. The summed E-state index contributed by atoms with van der Waals surface area (Å²) in [7, 11) is -3.45. The van der Waals surface area contributed by atoms with Gasteiger partial charge in [-0.15, -0.1) is 9.19 Å². The van der Waals surface area contributed by atoms with Crippen molar-refractivity contribution in [3.63, 3.8) is 0 Å². The van der Waals surface area contributed by atoms with Gasteiger partial charge in [-0.3, -0.25) is 0 Å². The minimum Gasteiger partial charge on any atom is -0.350 e. The van der Waals surface area contributed by atoms with Crippen molar-refractivity contribution in [2.45, 2.75) is 24.0 Å². The lowest BCUT2D eigenvalue weighted by Gasteiger charge is -2.15. The van der Waals surface area contributed by atoms with Crippen molar-refractivity contribution in [2.75, 3.05) is 19.5 Å². The fraction of sp³-hybridized carbons (Fsp3) is 0.467. The highest BCUT2D eigenvalue weighted by molar-refractivity contribution is 9.09. The summed E-state index contributed by atoms with van der Waals surface area (Å²) in [6, 6.07) is 7.73. The zero-order valence-corrected chi connectivity index (χ0v) is 15.5. The number of hydrogen-bond donors (Lipinski definition) is 0. The topological polar surface area (TPSA) is 83.3 Å². The molecule has 0 radical (unpaired) electrons. The largest absolute Gasteiger partial charge is 0.350 e. The highest BCUT2D eigenvalue weighted by Gasteiger charge is 2.21. The highest BCUT2D eigenvalue weighted by Crippen LogP contribution is 2.35. The second-order valence-corrected chi connectivity index (χ2v) is 8.49. The number of nitrogens with zero attached hydrogens (tertiary/aromatic N) is 3. The van der Waals surface area contributed by atoms with Crippen LogP contribution in [-0.2, 0) is 19.5 Å². The monoisotopic (exact) mass is 415 g/mol. The Kier molecular flexibility index (Phi) is 5.33. The number of rotatable bonds is 6. The molecular formula is C15H18BrN3O4S. The summed E-state index contributed by atoms with van der Waals surface area (Å²) in [4.78, 5) is 0.0740. The Morgan fingerprint density at radius 3 is 2.71 bits per heavy atom. The summed E-state index contributed by atoms with van der Waals surface area (Å²) >= 11 is 3.70. The van der Waals surface area contributed by atoms with Gasteiger partial charge in [0.25, 0.3) is 10.0 Å². The van der Waals surface area contributed by atoms with E-state index in [-0.39, 0.29) is 11.1 Å². The van der Waals surface area contributed by atoms with Crippen LogP contribution < -0.4 is 0 Å². The van der Waals surface area contributed by atoms with Crippen molar-refractivity contribution >= 4 is 26.0 Å². The van der Waals surface area contributed by atoms with E-state index in [4.69, 9.17) is 9.47 Å². The van der Waals surface area contributed by atoms with E-state index < -0.39 is 10.0 Å². The molecule has 0 bridgehead atoms. The first-order valence-corrected chi connectivity index (χ1v) is 10.3. The van der Waals surface area contributed by atoms with E-state index >= 15 is 0 Å². The summed E-state index contributed by atoms with van der Waals surface area (Å²) in [5.74, 6) is 0. The lowest BCUT2D eigenvalue weighted by Crippen LogP contribution is -2.10. The van der Waals surface area contributed by atoms with Gasteiger partial charge in [-0.2, -0.15) is 0 Å². The van der Waals surface area contributed by atoms with E-state index in [1.807, 2.05) is 24.3 Å². The van der Waals surface area contributed by atoms with Crippen LogP contribution in [0.5, 0.6) is 0 Å². The lowest BCUT2D eigenvalue weighted by molar-refractivity contribution is -0.0476. The van der Waals surface area contributed by atoms with Crippen LogP contribution in [0.3, 0.4) is 0 Å². The second-order valence-electron chi connectivity index (χ2n) is 5.54. The first kappa shape index (κ1) is 17.5. The number of benzene rings is 1. The molecule has 9 heteroatoms. The maximum atomic E-state index is 11.6. The van der Waals surface area contributed by atoms with Crippen molar-refractivity contribution < 1.29 is 17.9 Å². The average molecular weight is 416 g/mol. The number of halogens is 1. The van der Waals surface area contributed by atoms with Crippen molar-refractivity contribution in [3.05, 3.63) is 36.0 Å². The molecule has 0 amide bonds. The molecule has 1 fully saturated rings. The molecule has 1 aliphatic rings. The second kappa shape index (κ2) is 7.30. The van der Waals surface area contributed by atoms with Crippen molar-refractivity contribution in [1.82, 2.24) is 14.4 Å². The predicted molar refractivity (Wildman–Crippen MR) is 92.3 cm³/mol. The minimum absolute atomic E-state index is 0.0740. The van der Waals surface area contributed by atoms with E-state index in [1.165, 1.54) is 6.20 Å². The van der Waals surface area contributed by atoms with Crippen molar-refractivity contribution in [3.8, 4) is 11.3 Å². The van der Waals surface area contributed by atoms with Crippen LogP contribution in [0.1, 0.15) is 23.2 Å². The van der Waals surface area contributed by atoms with Gasteiger partial charge in [-0.25, -0.2) is 8.42 Å². The maximum absolute atomic E-state index is 11.6. The van der Waals surface area contributed by atoms with E-state index in [0.29, 0.717) is 18.9 Å². The molecule has 0 N–H and O–H groups in total. The zero-order chi connectivity index (χ0) is 17.2. The van der Waals surface area contributed by atoms with E-state index in [2.05, 4.69) is 26.2 Å². The molecule has 0 saturated carbocycles. The predicted octanol–water partition coefficient (Wildman–Crippen LogP) is 2.34. The summed E-state index contributed by atoms with van der Waals surface area (Å²) in [6.45, 7) is 1.28. The highest BCUT2D eigenvalue weighted by atomic mass is 79.9. The number of aromatic nitrogens is 3. The van der Waals surface area contributed by atoms with Crippen LogP contribution in [0.15, 0.2) is 30.5 Å². The summed E-state index contributed by atoms with van der Waals surface area (Å²) < 4.78 is 34.9. The van der Waals surface area contributed by atoms with Crippen LogP contribution >= 0.6 is 15.9 Å². The molecule has 2 aromatic rings. The van der Waals surface area contributed by atoms with Crippen LogP contribution in [-0.4, -0.2) is 48.6 Å². The number of alkyl halides is 1. The van der Waals surface area contributed by atoms with E-state index in [0.717, 1.165) is 34.3 Å². The van der Waals surface area contributed by atoms with Gasteiger partial charge in [-0.1, -0.05) is 45.4 Å². The van der Waals surface area contributed by atoms with E-state index in [1.54, 1.807) is 0 Å². The van der Waals surface area contributed by atoms with Gasteiger partial charge in [-0.05, 0) is 18.4 Å². The van der Waals surface area contributed by atoms with Crippen LogP contribution in [0, 0.1) is 0 Å². The van der Waals surface area contributed by atoms with Crippen LogP contribution in [0.2, 0.25) is 0 Å². The minimum atomic E-state index is -3.45. The quantitative estimate of drug-likeness (QED) is 0.673. The molecule has 0 spiro atoms. The summed E-state index contributed by atoms with van der Waals surface area (Å²) in [6.07, 6.45) is 3.97. The molecule has 1 saturated heterocycles. The Morgan fingerprint density at radius 1 is 1.33 bits per heavy atom. The molecule has 3 rings (SSSR count). The van der Waals surface area contributed by atoms with E-state index in [9.17, 15) is 8.42 Å². The summed E-state index contributed by atoms with van der Waals surface area (Å²) in [5, 5.41) is 7.69. The third-order valence-electron chi connectivity index (χ3n) is 3.73. The average Bonchev–Trinajstić information content (AvgIpc) is 3.23. The van der Waals surface area contributed by atoms with Gasteiger partial charge in [0, 0.05) is 10.4 Å². The first-order valence-electron chi connectivity index (χ1n) is 7.54. The molecular weight excluding hydrogens is 398 g/mol. The zero-order valence-electron chi connectivity index (χ0n) is 13.1. The van der Waals surface area contributed by atoms with Gasteiger partial charge in [0.15, 0.2) is 6.29 Å². The van der Waals surface area contributed by atoms with Crippen LogP contribution in [0.25, 0.3) is 11.3 Å². The Hall–Kier alpha value is -1.29.